The number of alkyl halides is 4. The molecule has 0 spiro atoms. The van der Waals surface area contributed by atoms with E-state index in [1.807, 2.05) is 4.90 Å². The minimum Gasteiger partial charge on any atom is -0.478 e. The van der Waals surface area contributed by atoms with Crippen LogP contribution in [0.2, 0.25) is 0 Å². The predicted molar refractivity (Wildman–Crippen MR) is 144 cm³/mol. The van der Waals surface area contributed by atoms with E-state index in [0.717, 1.165) is 6.20 Å². The number of carboxylic acids is 1. The van der Waals surface area contributed by atoms with Crippen molar-refractivity contribution < 1.29 is 46.6 Å². The molecule has 0 aromatic heterocycles. The molecule has 15 heteroatoms. The molecule has 3 heterocycles. The van der Waals surface area contributed by atoms with Gasteiger partial charge in [-0.25, -0.2) is 27.2 Å². The number of fused-ring (bicyclic) bond motifs is 1. The Kier molecular flexibility index (Phi) is 9.49. The highest BCUT2D eigenvalue weighted by atomic mass is 19.2. The first-order valence-corrected chi connectivity index (χ1v) is 14.9. The van der Waals surface area contributed by atoms with Crippen LogP contribution in [0.25, 0.3) is 0 Å². The van der Waals surface area contributed by atoms with Crippen molar-refractivity contribution in [1.82, 2.24) is 24.9 Å². The Bertz CT molecular complexity index is 1120. The van der Waals surface area contributed by atoms with Crippen molar-refractivity contribution in [2.24, 2.45) is 5.92 Å². The molecule has 2 amide bonds. The van der Waals surface area contributed by atoms with Gasteiger partial charge in [0.05, 0.1) is 25.2 Å². The number of carbonyl (C=O) groups excluding carboxylic acids is 3. The topological polar surface area (TPSA) is 123 Å². The molecule has 0 aromatic rings. The molecule has 5 rings (SSSR count). The summed E-state index contributed by atoms with van der Waals surface area (Å²) in [5.41, 5.74) is -0.594. The van der Waals surface area contributed by atoms with Crippen molar-refractivity contribution in [3.05, 3.63) is 11.8 Å². The van der Waals surface area contributed by atoms with Crippen LogP contribution in [-0.4, -0.2) is 150 Å². The fourth-order valence-corrected chi connectivity index (χ4v) is 7.58. The predicted octanol–water partition coefficient (Wildman–Crippen LogP) is 1.08. The molecule has 11 nitrogen and oxygen atoms in total. The quantitative estimate of drug-likeness (QED) is 0.304. The van der Waals surface area contributed by atoms with Crippen LogP contribution in [0.1, 0.15) is 32.6 Å². The average Bonchev–Trinajstić information content (AvgIpc) is 3.34. The number of hydrogen-bond acceptors (Lipinski definition) is 8. The van der Waals surface area contributed by atoms with Gasteiger partial charge in [-0.3, -0.25) is 19.4 Å². The Morgan fingerprint density at radius 3 is 2.35 bits per heavy atom. The molecule has 5 aliphatic rings. The van der Waals surface area contributed by atoms with Crippen molar-refractivity contribution in [3.8, 4) is 0 Å². The summed E-state index contributed by atoms with van der Waals surface area (Å²) in [4.78, 5) is 54.2. The number of nitrogens with one attached hydrogen (secondary N) is 1. The van der Waals surface area contributed by atoms with E-state index in [9.17, 15) is 28.7 Å². The van der Waals surface area contributed by atoms with E-state index in [4.69, 9.17) is 4.74 Å². The number of ketones is 1. The molecular formula is C28H39F4N5O6. The molecule has 4 fully saturated rings. The summed E-state index contributed by atoms with van der Waals surface area (Å²) in [5.74, 6) is -3.80. The molecule has 3 aliphatic heterocycles. The van der Waals surface area contributed by atoms with Crippen LogP contribution in [-0.2, 0) is 19.1 Å². The Hall–Kier alpha value is -2.94. The fraction of sp³-hybridized carbons (Fsp3) is 0.786. The number of amides is 2. The number of carbonyl (C=O) groups is 4. The zero-order chi connectivity index (χ0) is 31.0. The molecule has 2 saturated heterocycles. The summed E-state index contributed by atoms with van der Waals surface area (Å²) in [5, 5.41) is 12.0. The molecule has 0 bridgehead atoms. The average molecular weight is 618 g/mol. The van der Waals surface area contributed by atoms with Gasteiger partial charge in [0.1, 0.15) is 36.9 Å². The van der Waals surface area contributed by atoms with E-state index in [1.54, 1.807) is 4.90 Å². The maximum absolute atomic E-state index is 16.0. The van der Waals surface area contributed by atoms with Crippen molar-refractivity contribution in [2.75, 3.05) is 52.5 Å². The van der Waals surface area contributed by atoms with Crippen LogP contribution in [0.3, 0.4) is 0 Å². The maximum Gasteiger partial charge on any atom is 0.410 e. The lowest BCUT2D eigenvalue weighted by molar-refractivity contribution is -0.140. The second kappa shape index (κ2) is 13.0. The van der Waals surface area contributed by atoms with Crippen molar-refractivity contribution in [2.45, 2.75) is 81.4 Å². The maximum atomic E-state index is 16.0. The smallest absolute Gasteiger partial charge is 0.410 e. The van der Waals surface area contributed by atoms with E-state index in [-0.39, 0.29) is 57.5 Å². The van der Waals surface area contributed by atoms with E-state index in [2.05, 4.69) is 5.32 Å². The third-order valence-corrected chi connectivity index (χ3v) is 9.64. The van der Waals surface area contributed by atoms with Gasteiger partial charge in [-0.1, -0.05) is 0 Å². The van der Waals surface area contributed by atoms with E-state index in [1.165, 1.54) is 16.7 Å². The third-order valence-electron chi connectivity index (χ3n) is 9.64. The van der Waals surface area contributed by atoms with E-state index in [0.29, 0.717) is 25.9 Å². The summed E-state index contributed by atoms with van der Waals surface area (Å²) in [6.07, 6.45) is -3.98. The Morgan fingerprint density at radius 2 is 1.72 bits per heavy atom. The largest absolute Gasteiger partial charge is 0.478 e. The Balaban J connectivity index is 1.17. The number of aliphatic carboxylic acids is 1. The molecule has 8 unspecified atom stereocenters. The van der Waals surface area contributed by atoms with Gasteiger partial charge in [0, 0.05) is 70.3 Å². The lowest BCUT2D eigenvalue weighted by atomic mass is 9.72. The normalized spacial score (nSPS) is 37.5. The van der Waals surface area contributed by atoms with Crippen LogP contribution in [0.15, 0.2) is 11.8 Å². The Labute approximate surface area is 247 Å². The summed E-state index contributed by atoms with van der Waals surface area (Å²) in [6.45, 7) is 1.94. The van der Waals surface area contributed by atoms with Gasteiger partial charge in [0.2, 0.25) is 5.91 Å². The zero-order valence-electron chi connectivity index (χ0n) is 24.0. The lowest BCUT2D eigenvalue weighted by Gasteiger charge is -2.52. The van der Waals surface area contributed by atoms with Gasteiger partial charge in [-0.2, -0.15) is 0 Å². The number of halogens is 4. The van der Waals surface area contributed by atoms with Gasteiger partial charge >= 0.3 is 12.1 Å². The number of nitrogens with zero attached hydrogens (tertiary/aromatic N) is 4. The van der Waals surface area contributed by atoms with Crippen molar-refractivity contribution in [3.63, 3.8) is 0 Å². The summed E-state index contributed by atoms with van der Waals surface area (Å²) in [7, 11) is 0. The monoisotopic (exact) mass is 617 g/mol. The minimum atomic E-state index is -1.86. The number of Topliss-reactive ketones (excluding diaryl/α,β-unsaturated/α-hetero) is 1. The number of rotatable bonds is 8. The highest BCUT2D eigenvalue weighted by molar-refractivity contribution is 6.18. The molecule has 43 heavy (non-hydrogen) atoms. The SMILES string of the molecule is CC(=O)NC[C@H]1CN(C2CCC(N3CCN(C4C(F)CC5C(=O)C(C(=O)O)=CN(CCF)C5C4F)CC3)C(F)C2)C(=O)O1. The molecule has 2 aliphatic carbocycles. The minimum absolute atomic E-state index is 0.141. The fourth-order valence-electron chi connectivity index (χ4n) is 7.58. The zero-order valence-corrected chi connectivity index (χ0v) is 24.0. The highest BCUT2D eigenvalue weighted by Crippen LogP contribution is 2.40. The molecule has 9 atom stereocenters. The molecule has 0 radical (unpaired) electrons. The van der Waals surface area contributed by atoms with Crippen LogP contribution in [0.5, 0.6) is 0 Å². The number of ether oxygens (including phenoxy) is 1. The first kappa shape index (κ1) is 31.5. The van der Waals surface area contributed by atoms with E-state index >= 15 is 13.2 Å². The number of carboxylic acid groups (broad SMARTS) is 1. The van der Waals surface area contributed by atoms with Gasteiger partial charge in [-0.05, 0) is 19.3 Å². The second-order valence-corrected chi connectivity index (χ2v) is 12.1. The lowest BCUT2D eigenvalue weighted by Crippen LogP contribution is -2.67. The summed E-state index contributed by atoms with van der Waals surface area (Å²) in [6, 6.07) is -3.08. The van der Waals surface area contributed by atoms with Crippen LogP contribution < -0.4 is 5.32 Å². The molecule has 2 saturated carbocycles. The third kappa shape index (κ3) is 6.33. The highest BCUT2D eigenvalue weighted by Gasteiger charge is 2.55. The van der Waals surface area contributed by atoms with Gasteiger partial charge in [0.15, 0.2) is 5.78 Å². The molecule has 2 N–H and O–H groups in total. The number of hydrogen-bond donors (Lipinski definition) is 2. The second-order valence-electron chi connectivity index (χ2n) is 12.1. The standard InChI is InChI=1S/C28H39F4N5O6/c1-15(38)33-12-17-13-37(28(42)43-17)16-2-3-22(20(30)10-16)34-6-8-35(9-7-34)25-21(31)11-18-24(23(25)32)36(5-4-29)14-19(26(18)39)27(40)41/h14,16-18,20-25H,2-13H2,1H3,(H,33,38)(H,40,41)/t16?,17-,18?,20?,21?,22?,23?,24?,25?/m0/s1. The van der Waals surface area contributed by atoms with E-state index < -0.39 is 78.8 Å². The van der Waals surface area contributed by atoms with Gasteiger partial charge < -0.3 is 25.0 Å². The number of cyclic esters (lactones) is 1. The van der Waals surface area contributed by atoms with Crippen LogP contribution >= 0.6 is 0 Å². The molecule has 240 valence electrons. The van der Waals surface area contributed by atoms with Crippen LogP contribution in [0.4, 0.5) is 22.4 Å². The van der Waals surface area contributed by atoms with Crippen LogP contribution in [0, 0.1) is 5.92 Å². The van der Waals surface area contributed by atoms with Crippen molar-refractivity contribution >= 4 is 23.8 Å². The first-order chi connectivity index (χ1) is 20.5. The van der Waals surface area contributed by atoms with Gasteiger partial charge in [-0.15, -0.1) is 0 Å². The summed E-state index contributed by atoms with van der Waals surface area (Å²) >= 11 is 0. The Morgan fingerprint density at radius 1 is 1.02 bits per heavy atom. The van der Waals surface area contributed by atoms with Gasteiger partial charge in [0.25, 0.3) is 0 Å². The van der Waals surface area contributed by atoms with Crippen molar-refractivity contribution in [1.29, 1.82) is 0 Å². The molecular weight excluding hydrogens is 578 g/mol. The summed E-state index contributed by atoms with van der Waals surface area (Å²) < 4.78 is 65.6. The number of piperazine rings is 1. The first-order valence-electron chi connectivity index (χ1n) is 14.9. The molecule has 0 aromatic carbocycles.